The molecule has 0 heterocycles. The summed E-state index contributed by atoms with van der Waals surface area (Å²) in [4.78, 5) is 23.0. The van der Waals surface area contributed by atoms with Gasteiger partial charge in [-0.15, -0.1) is 6.42 Å². The largest absolute Gasteiger partial charge is 0.493 e. The summed E-state index contributed by atoms with van der Waals surface area (Å²) in [5.41, 5.74) is 0.680. The average molecular weight is 351 g/mol. The van der Waals surface area contributed by atoms with Gasteiger partial charge in [-0.1, -0.05) is 17.5 Å². The molecule has 0 unspecified atom stereocenters. The Kier molecular flexibility index (Phi) is 8.23. The van der Waals surface area contributed by atoms with E-state index < -0.39 is 0 Å². The second kappa shape index (κ2) is 10.2. The number of ether oxygens (including phenoxy) is 2. The summed E-state index contributed by atoms with van der Waals surface area (Å²) < 4.78 is 10.3. The lowest BCUT2D eigenvalue weighted by Gasteiger charge is -2.10. The summed E-state index contributed by atoms with van der Waals surface area (Å²) in [6, 6.07) is 3.35. The number of benzene rings is 1. The van der Waals surface area contributed by atoms with Gasteiger partial charge in [0.05, 0.1) is 25.8 Å². The zero-order valence-corrected chi connectivity index (χ0v) is 14.3. The highest BCUT2D eigenvalue weighted by molar-refractivity contribution is 6.32. The molecule has 0 aromatic heterocycles. The van der Waals surface area contributed by atoms with E-state index in [2.05, 4.69) is 16.6 Å². The van der Waals surface area contributed by atoms with Gasteiger partial charge in [-0.3, -0.25) is 9.59 Å². The summed E-state index contributed by atoms with van der Waals surface area (Å²) in [5.74, 6) is 2.65. The first kappa shape index (κ1) is 19.4. The number of nitrogens with one attached hydrogen (secondary N) is 2. The number of amides is 2. The predicted octanol–water partition coefficient (Wildman–Crippen LogP) is 1.63. The lowest BCUT2D eigenvalue weighted by Crippen LogP contribution is -2.30. The molecule has 0 aliphatic carbocycles. The van der Waals surface area contributed by atoms with Crippen LogP contribution in [0.2, 0.25) is 5.02 Å². The van der Waals surface area contributed by atoms with E-state index in [1.54, 1.807) is 18.2 Å². The van der Waals surface area contributed by atoms with Crippen LogP contribution < -0.4 is 20.1 Å². The fraction of sp³-hybridized carbons (Fsp3) is 0.294. The number of carbonyl (C=O) groups is 2. The minimum atomic E-state index is -0.328. The van der Waals surface area contributed by atoms with Crippen molar-refractivity contribution in [1.82, 2.24) is 10.6 Å². The van der Waals surface area contributed by atoms with Crippen LogP contribution in [0.3, 0.4) is 0 Å². The Morgan fingerprint density at radius 2 is 2.04 bits per heavy atom. The molecule has 1 aromatic carbocycles. The van der Waals surface area contributed by atoms with Gasteiger partial charge in [-0.05, 0) is 23.8 Å². The van der Waals surface area contributed by atoms with Gasteiger partial charge in [-0.25, -0.2) is 0 Å². The maximum Gasteiger partial charge on any atom is 0.244 e. The van der Waals surface area contributed by atoms with Crippen molar-refractivity contribution >= 4 is 29.5 Å². The van der Waals surface area contributed by atoms with E-state index in [0.29, 0.717) is 22.1 Å². The number of hydrogen-bond donors (Lipinski definition) is 2. The fourth-order valence-corrected chi connectivity index (χ4v) is 2.10. The summed E-state index contributed by atoms with van der Waals surface area (Å²) >= 11 is 6.09. The average Bonchev–Trinajstić information content (AvgIpc) is 2.57. The van der Waals surface area contributed by atoms with Gasteiger partial charge in [0, 0.05) is 19.0 Å². The molecule has 7 heteroatoms. The second-order valence-electron chi connectivity index (χ2n) is 4.59. The van der Waals surface area contributed by atoms with Crippen LogP contribution in [0.15, 0.2) is 18.2 Å². The van der Waals surface area contributed by atoms with E-state index in [9.17, 15) is 9.59 Å². The van der Waals surface area contributed by atoms with Crippen molar-refractivity contribution in [3.05, 3.63) is 28.8 Å². The van der Waals surface area contributed by atoms with Crippen LogP contribution in [-0.2, 0) is 9.59 Å². The van der Waals surface area contributed by atoms with Crippen molar-refractivity contribution in [1.29, 1.82) is 0 Å². The van der Waals surface area contributed by atoms with Gasteiger partial charge < -0.3 is 20.1 Å². The molecular weight excluding hydrogens is 332 g/mol. The van der Waals surface area contributed by atoms with Crippen molar-refractivity contribution < 1.29 is 19.1 Å². The molecule has 6 nitrogen and oxygen atoms in total. The lowest BCUT2D eigenvalue weighted by molar-refractivity contribution is -0.121. The Labute approximate surface area is 146 Å². The van der Waals surface area contributed by atoms with Gasteiger partial charge in [-0.2, -0.15) is 0 Å². The summed E-state index contributed by atoms with van der Waals surface area (Å²) in [5, 5.41) is 5.48. The molecule has 0 atom stereocenters. The number of hydrogen-bond acceptors (Lipinski definition) is 4. The summed E-state index contributed by atoms with van der Waals surface area (Å²) in [6.45, 7) is 0.388. The fourth-order valence-electron chi connectivity index (χ4n) is 1.80. The van der Waals surface area contributed by atoms with Crippen LogP contribution in [0.1, 0.15) is 12.0 Å². The van der Waals surface area contributed by atoms with Crippen molar-refractivity contribution in [3.63, 3.8) is 0 Å². The second-order valence-corrected chi connectivity index (χ2v) is 5.00. The van der Waals surface area contributed by atoms with Crippen LogP contribution in [0.25, 0.3) is 6.08 Å². The van der Waals surface area contributed by atoms with E-state index in [1.165, 1.54) is 20.3 Å². The van der Waals surface area contributed by atoms with E-state index in [-0.39, 0.29) is 31.3 Å². The van der Waals surface area contributed by atoms with Crippen molar-refractivity contribution in [2.75, 3.05) is 27.3 Å². The van der Waals surface area contributed by atoms with Gasteiger partial charge in [0.15, 0.2) is 11.5 Å². The monoisotopic (exact) mass is 350 g/mol. The Bertz CT molecular complexity index is 665. The molecule has 0 aliphatic rings. The molecule has 0 saturated heterocycles. The van der Waals surface area contributed by atoms with Gasteiger partial charge in [0.2, 0.25) is 11.8 Å². The molecule has 24 heavy (non-hydrogen) atoms. The maximum atomic E-state index is 11.7. The number of halogens is 1. The van der Waals surface area contributed by atoms with Crippen molar-refractivity contribution in [3.8, 4) is 23.8 Å². The molecule has 0 radical (unpaired) electrons. The molecule has 0 spiro atoms. The molecule has 1 rings (SSSR count). The molecule has 0 bridgehead atoms. The molecule has 0 aliphatic heterocycles. The first-order chi connectivity index (χ1) is 11.5. The Morgan fingerprint density at radius 1 is 1.29 bits per heavy atom. The molecule has 2 amide bonds. The van der Waals surface area contributed by atoms with Gasteiger partial charge in [0.25, 0.3) is 0 Å². The molecular formula is C17H19ClN2O4. The molecule has 0 saturated carbocycles. The minimum absolute atomic E-state index is 0.156. The normalized spacial score (nSPS) is 10.1. The zero-order valence-electron chi connectivity index (χ0n) is 13.5. The van der Waals surface area contributed by atoms with E-state index in [1.807, 2.05) is 0 Å². The Morgan fingerprint density at radius 3 is 2.67 bits per heavy atom. The quantitative estimate of drug-likeness (QED) is 0.552. The standard InChI is InChI=1S/C17H19ClN2O4/c1-4-8-19-16(22)7-9-20-15(21)6-5-12-10-13(18)17(24-3)14(11-12)23-2/h1,5-6,10-11H,7-9H2,2-3H3,(H,19,22)(H,20,21)/b6-5-. The number of rotatable bonds is 8. The Hall–Kier alpha value is -2.65. The van der Waals surface area contributed by atoms with E-state index in [4.69, 9.17) is 27.5 Å². The minimum Gasteiger partial charge on any atom is -0.493 e. The van der Waals surface area contributed by atoms with Crippen LogP contribution >= 0.6 is 11.6 Å². The third kappa shape index (κ3) is 6.23. The number of methoxy groups -OCH3 is 2. The van der Waals surface area contributed by atoms with E-state index >= 15 is 0 Å². The van der Waals surface area contributed by atoms with Crippen LogP contribution in [-0.4, -0.2) is 39.1 Å². The smallest absolute Gasteiger partial charge is 0.244 e. The summed E-state index contributed by atoms with van der Waals surface area (Å²) in [6.07, 6.45) is 8.11. The molecule has 1 aromatic rings. The molecule has 0 fully saturated rings. The lowest BCUT2D eigenvalue weighted by atomic mass is 10.2. The number of carbonyl (C=O) groups excluding carboxylic acids is 2. The first-order valence-electron chi connectivity index (χ1n) is 7.09. The van der Waals surface area contributed by atoms with Crippen molar-refractivity contribution in [2.24, 2.45) is 0 Å². The predicted molar refractivity (Wildman–Crippen MR) is 93.1 cm³/mol. The Balaban J connectivity index is 2.57. The first-order valence-corrected chi connectivity index (χ1v) is 7.47. The summed E-state index contributed by atoms with van der Waals surface area (Å²) in [7, 11) is 2.99. The highest BCUT2D eigenvalue weighted by Crippen LogP contribution is 2.36. The topological polar surface area (TPSA) is 76.7 Å². The third-order valence-electron chi connectivity index (χ3n) is 2.92. The third-order valence-corrected chi connectivity index (χ3v) is 3.20. The highest BCUT2D eigenvalue weighted by Gasteiger charge is 2.09. The van der Waals surface area contributed by atoms with Crippen LogP contribution in [0.5, 0.6) is 11.5 Å². The van der Waals surface area contributed by atoms with Crippen LogP contribution in [0.4, 0.5) is 0 Å². The zero-order chi connectivity index (χ0) is 17.9. The van der Waals surface area contributed by atoms with Crippen LogP contribution in [0, 0.1) is 12.3 Å². The molecule has 128 valence electrons. The van der Waals surface area contributed by atoms with Crippen molar-refractivity contribution in [2.45, 2.75) is 6.42 Å². The molecule has 2 N–H and O–H groups in total. The highest BCUT2D eigenvalue weighted by atomic mass is 35.5. The van der Waals surface area contributed by atoms with Gasteiger partial charge >= 0.3 is 0 Å². The van der Waals surface area contributed by atoms with E-state index in [0.717, 1.165) is 0 Å². The maximum absolute atomic E-state index is 11.7. The SMILES string of the molecule is C#CCNC(=O)CCNC(=O)/C=C\c1cc(Cl)c(OC)c(OC)c1. The van der Waals surface area contributed by atoms with Gasteiger partial charge in [0.1, 0.15) is 0 Å². The number of terminal acetylenes is 1.